The highest BCUT2D eigenvalue weighted by molar-refractivity contribution is 7.98. The Morgan fingerprint density at radius 3 is 2.48 bits per heavy atom. The van der Waals surface area contributed by atoms with Gasteiger partial charge in [-0.3, -0.25) is 4.90 Å². The van der Waals surface area contributed by atoms with Crippen LogP contribution >= 0.6 is 11.8 Å². The first kappa shape index (κ1) is 22.0. The van der Waals surface area contributed by atoms with Crippen LogP contribution in [-0.4, -0.2) is 22.5 Å². The van der Waals surface area contributed by atoms with Crippen molar-refractivity contribution in [2.75, 3.05) is 6.26 Å². The zero-order chi connectivity index (χ0) is 21.2. The van der Waals surface area contributed by atoms with Gasteiger partial charge in [0, 0.05) is 37.4 Å². The average molecular weight is 414 g/mol. The maximum Gasteiger partial charge on any atom is 0.246 e. The van der Waals surface area contributed by atoms with Crippen LogP contribution in [0.25, 0.3) is 0 Å². The molecule has 3 nitrogen and oxygen atoms in total. The molecule has 0 aromatic heterocycles. The summed E-state index contributed by atoms with van der Waals surface area (Å²) in [6.07, 6.45) is 4.31. The van der Waals surface area contributed by atoms with Gasteiger partial charge in [-0.15, -0.1) is 11.8 Å². The molecule has 2 aromatic carbocycles. The molecule has 0 radical (unpaired) electrons. The summed E-state index contributed by atoms with van der Waals surface area (Å²) in [7, 11) is 0. The lowest BCUT2D eigenvalue weighted by Gasteiger charge is -2.35. The smallest absolute Gasteiger partial charge is 0.246 e. The molecule has 2 heterocycles. The number of benzene rings is 2. The van der Waals surface area contributed by atoms with Crippen LogP contribution in [0.15, 0.2) is 41.3 Å². The van der Waals surface area contributed by atoms with Crippen molar-refractivity contribution >= 4 is 11.8 Å². The molecule has 29 heavy (non-hydrogen) atoms. The van der Waals surface area contributed by atoms with E-state index in [1.165, 1.54) is 21.6 Å². The van der Waals surface area contributed by atoms with Crippen LogP contribution in [0.4, 0.5) is 0 Å². The quantitative estimate of drug-likeness (QED) is 0.510. The lowest BCUT2D eigenvalue weighted by atomic mass is 9.93. The Hall–Kier alpha value is -1.65. The Morgan fingerprint density at radius 2 is 1.76 bits per heavy atom. The molecule has 2 aliphatic rings. The number of aryl methyl sites for hydroxylation is 1. The van der Waals surface area contributed by atoms with E-state index < -0.39 is 5.79 Å². The van der Waals surface area contributed by atoms with Gasteiger partial charge < -0.3 is 9.47 Å². The molecule has 0 bridgehead atoms. The van der Waals surface area contributed by atoms with Gasteiger partial charge in [0.05, 0.1) is 0 Å². The minimum atomic E-state index is -0.559. The average Bonchev–Trinajstić information content (AvgIpc) is 3.27. The van der Waals surface area contributed by atoms with E-state index in [1.54, 1.807) is 0 Å². The van der Waals surface area contributed by atoms with Crippen LogP contribution in [-0.2, 0) is 19.5 Å². The van der Waals surface area contributed by atoms with E-state index in [4.69, 9.17) is 9.47 Å². The number of rotatable bonds is 5. The third kappa shape index (κ3) is 4.75. The van der Waals surface area contributed by atoms with Crippen LogP contribution < -0.4 is 9.47 Å². The molecule has 2 aromatic rings. The second-order valence-electron chi connectivity index (χ2n) is 8.65. The van der Waals surface area contributed by atoms with Crippen LogP contribution in [0, 0.1) is 0 Å². The SMILES string of the molecule is CC.CSc1cccc2c1CN(C(C)(C)CCc1ccc3c(c1)OC(C)(C)O3)C2. The van der Waals surface area contributed by atoms with E-state index in [-0.39, 0.29) is 5.54 Å². The third-order valence-electron chi connectivity index (χ3n) is 5.76. The first-order valence-corrected chi connectivity index (χ1v) is 11.9. The number of thioether (sulfide) groups is 1. The Morgan fingerprint density at radius 1 is 1.03 bits per heavy atom. The molecule has 158 valence electrons. The first-order valence-electron chi connectivity index (χ1n) is 10.7. The summed E-state index contributed by atoms with van der Waals surface area (Å²) in [5.41, 5.74) is 4.46. The van der Waals surface area contributed by atoms with E-state index in [9.17, 15) is 0 Å². The normalized spacial score (nSPS) is 16.9. The van der Waals surface area contributed by atoms with E-state index in [0.717, 1.165) is 37.4 Å². The zero-order valence-corrected chi connectivity index (χ0v) is 19.8. The summed E-state index contributed by atoms with van der Waals surface area (Å²) in [5, 5.41) is 0. The summed E-state index contributed by atoms with van der Waals surface area (Å²) in [6, 6.07) is 13.1. The lowest BCUT2D eigenvalue weighted by molar-refractivity contribution is -0.0431. The van der Waals surface area contributed by atoms with Gasteiger partial charge in [0.15, 0.2) is 11.5 Å². The number of hydrogen-bond acceptors (Lipinski definition) is 4. The van der Waals surface area contributed by atoms with Crippen molar-refractivity contribution < 1.29 is 9.47 Å². The van der Waals surface area contributed by atoms with Gasteiger partial charge >= 0.3 is 0 Å². The molecule has 0 spiro atoms. The molecule has 0 amide bonds. The topological polar surface area (TPSA) is 21.7 Å². The largest absolute Gasteiger partial charge is 0.449 e. The summed E-state index contributed by atoms with van der Waals surface area (Å²) >= 11 is 1.86. The standard InChI is InChI=1S/C23H29NO2S.C2H6/c1-22(2,24-14-17-7-6-8-21(27-5)18(17)15-24)12-11-16-9-10-19-20(13-16)26-23(3,4)25-19;1-2/h6-10,13H,11-12,14-15H2,1-5H3;1-2H3. The Kier molecular flexibility index (Phi) is 6.54. The maximum absolute atomic E-state index is 5.90. The van der Waals surface area contributed by atoms with Crippen LogP contribution in [0.1, 0.15) is 64.7 Å². The molecule has 0 N–H and O–H groups in total. The lowest BCUT2D eigenvalue weighted by Crippen LogP contribution is -2.40. The highest BCUT2D eigenvalue weighted by Gasteiger charge is 2.34. The highest BCUT2D eigenvalue weighted by atomic mass is 32.2. The molecule has 4 rings (SSSR count). The Bertz CT molecular complexity index is 860. The first-order chi connectivity index (χ1) is 13.8. The van der Waals surface area contributed by atoms with E-state index in [1.807, 2.05) is 45.5 Å². The second-order valence-corrected chi connectivity index (χ2v) is 9.50. The summed E-state index contributed by atoms with van der Waals surface area (Å²) in [5.74, 6) is 1.16. The van der Waals surface area contributed by atoms with Crippen LogP contribution in [0.5, 0.6) is 11.5 Å². The summed E-state index contributed by atoms with van der Waals surface area (Å²) < 4.78 is 11.7. The predicted octanol–water partition coefficient (Wildman–Crippen LogP) is 6.67. The monoisotopic (exact) mass is 413 g/mol. The minimum Gasteiger partial charge on any atom is -0.449 e. The molecular weight excluding hydrogens is 378 g/mol. The highest BCUT2D eigenvalue weighted by Crippen LogP contribution is 2.40. The molecule has 0 saturated carbocycles. The Labute approximate surface area is 180 Å². The fourth-order valence-corrected chi connectivity index (χ4v) is 4.70. The third-order valence-corrected chi connectivity index (χ3v) is 6.58. The zero-order valence-electron chi connectivity index (χ0n) is 19.0. The molecule has 2 aliphatic heterocycles. The minimum absolute atomic E-state index is 0.143. The molecule has 0 saturated heterocycles. The number of fused-ring (bicyclic) bond motifs is 2. The van der Waals surface area contributed by atoms with E-state index in [0.29, 0.717) is 0 Å². The fourth-order valence-electron chi connectivity index (χ4n) is 4.04. The molecule has 0 atom stereocenters. The molecule has 0 aliphatic carbocycles. The molecule has 4 heteroatoms. The number of nitrogens with zero attached hydrogens (tertiary/aromatic N) is 1. The van der Waals surface area contributed by atoms with Crippen molar-refractivity contribution in [2.24, 2.45) is 0 Å². The van der Waals surface area contributed by atoms with Crippen molar-refractivity contribution in [1.82, 2.24) is 4.90 Å². The second kappa shape index (κ2) is 8.61. The number of ether oxygens (including phenoxy) is 2. The predicted molar refractivity (Wildman–Crippen MR) is 123 cm³/mol. The maximum atomic E-state index is 5.90. The number of hydrogen-bond donors (Lipinski definition) is 0. The van der Waals surface area contributed by atoms with Crippen molar-refractivity contribution in [3.05, 3.63) is 53.1 Å². The molecule has 0 unspecified atom stereocenters. The van der Waals surface area contributed by atoms with Gasteiger partial charge in [-0.25, -0.2) is 0 Å². The van der Waals surface area contributed by atoms with Crippen molar-refractivity contribution in [1.29, 1.82) is 0 Å². The van der Waals surface area contributed by atoms with Gasteiger partial charge in [0.1, 0.15) is 0 Å². The van der Waals surface area contributed by atoms with E-state index >= 15 is 0 Å². The summed E-state index contributed by atoms with van der Waals surface area (Å²) in [4.78, 5) is 4.04. The summed E-state index contributed by atoms with van der Waals surface area (Å²) in [6.45, 7) is 14.7. The van der Waals surface area contributed by atoms with Gasteiger partial charge in [-0.05, 0) is 67.8 Å². The fraction of sp³-hybridized carbons (Fsp3) is 0.520. The van der Waals surface area contributed by atoms with Gasteiger partial charge in [0.2, 0.25) is 5.79 Å². The molecule has 0 fully saturated rings. The van der Waals surface area contributed by atoms with Crippen LogP contribution in [0.3, 0.4) is 0 Å². The molecular formula is C25H35NO2S. The van der Waals surface area contributed by atoms with Crippen molar-refractivity contribution in [3.63, 3.8) is 0 Å². The van der Waals surface area contributed by atoms with Gasteiger partial charge in [-0.2, -0.15) is 0 Å². The van der Waals surface area contributed by atoms with Crippen molar-refractivity contribution in [3.8, 4) is 11.5 Å². The van der Waals surface area contributed by atoms with E-state index in [2.05, 4.69) is 55.3 Å². The Balaban J connectivity index is 0.00000117. The van der Waals surface area contributed by atoms with Gasteiger partial charge in [0.25, 0.3) is 0 Å². The van der Waals surface area contributed by atoms with Crippen LogP contribution in [0.2, 0.25) is 0 Å². The van der Waals surface area contributed by atoms with Crippen molar-refractivity contribution in [2.45, 2.75) is 83.7 Å². The van der Waals surface area contributed by atoms with Gasteiger partial charge in [-0.1, -0.05) is 32.0 Å².